The van der Waals surface area contributed by atoms with E-state index in [1.165, 1.54) is 0 Å². The van der Waals surface area contributed by atoms with Crippen molar-refractivity contribution in [3.8, 4) is 0 Å². The van der Waals surface area contributed by atoms with E-state index in [9.17, 15) is 0 Å². The van der Waals surface area contributed by atoms with Gasteiger partial charge in [0, 0.05) is 0 Å². The van der Waals surface area contributed by atoms with Crippen LogP contribution < -0.4 is 0 Å². The largest absolute Gasteiger partial charge is 2.00 e. The molecule has 0 aromatic rings. The molecule has 0 aliphatic rings. The molecular weight excluding hydrogens is 730 g/mol. The zero-order chi connectivity index (χ0) is 42.9. The van der Waals surface area contributed by atoms with Crippen molar-refractivity contribution in [2.75, 3.05) is 0 Å². The van der Waals surface area contributed by atoms with Gasteiger partial charge in [-0.1, -0.05) is 0 Å². The fourth-order valence-electron chi connectivity index (χ4n) is 0. The fourth-order valence-corrected chi connectivity index (χ4v) is 0. The topological polar surface area (TPSA) is 728 Å². The summed E-state index contributed by atoms with van der Waals surface area (Å²) >= 11 is 0. The first-order chi connectivity index (χ1) is 20.8. The van der Waals surface area contributed by atoms with Crippen LogP contribution in [0.4, 0.5) is 0 Å². The van der Waals surface area contributed by atoms with Crippen molar-refractivity contribution in [3.63, 3.8) is 0 Å². The van der Waals surface area contributed by atoms with E-state index in [-0.39, 0.29) is 25.9 Å². The summed E-state index contributed by atoms with van der Waals surface area (Å²) in [5, 5.41) is 258. The zero-order valence-corrected chi connectivity index (χ0v) is 25.1. The summed E-state index contributed by atoms with van der Waals surface area (Å²) in [4.78, 5) is 0. The van der Waals surface area contributed by atoms with Crippen LogP contribution in [0.15, 0.2) is 0 Å². The SMILES string of the molecule is OB(O)O.OB(O)O.OB(O)O.OB(O)O.OB(O)O.OB(O)O.OB(O)O.OB(O)O.OB(O)O.OB(O)O.OB(O)O.OB(O)O.[H-].[H-].[Mg+2]. The van der Waals surface area contributed by atoms with Crippen molar-refractivity contribution < 1.29 is 184 Å². The summed E-state index contributed by atoms with van der Waals surface area (Å²) in [6, 6.07) is 0. The van der Waals surface area contributed by atoms with E-state index >= 15 is 0 Å². The van der Waals surface area contributed by atoms with Crippen LogP contribution in [0, 0.1) is 0 Å². The molecule has 36 nitrogen and oxygen atoms in total. The van der Waals surface area contributed by atoms with Gasteiger partial charge in [0.05, 0.1) is 0 Å². The molecule has 0 spiro atoms. The van der Waals surface area contributed by atoms with Gasteiger partial charge in [-0.15, -0.1) is 0 Å². The van der Waals surface area contributed by atoms with Gasteiger partial charge in [-0.25, -0.2) is 0 Å². The molecule has 0 atom stereocenters. The van der Waals surface area contributed by atoms with Gasteiger partial charge < -0.3 is 184 Å². The van der Waals surface area contributed by atoms with Crippen LogP contribution in [-0.2, 0) is 0 Å². The van der Waals surface area contributed by atoms with Gasteiger partial charge in [0.25, 0.3) is 0 Å². The minimum atomic E-state index is -2.17. The standard InChI is InChI=1S/12BH3O3.Mg.2H/c12*2-1(3)4;;;/h12*2-4H;;;/q;;;;;;;;;;;;+2;2*-1. The minimum absolute atomic E-state index is 0. The zero-order valence-electron chi connectivity index (χ0n) is 25.7. The molecule has 0 heterocycles. The Kier molecular flexibility index (Phi) is 146. The van der Waals surface area contributed by atoms with E-state index in [2.05, 4.69) is 0 Å². The molecule has 0 bridgehead atoms. The molecular formula is H38B12MgO36. The summed E-state index contributed by atoms with van der Waals surface area (Å²) in [6.07, 6.45) is 0. The van der Waals surface area contributed by atoms with Gasteiger partial charge in [0.2, 0.25) is 0 Å². The predicted octanol–water partition coefficient (Wildman–Crippen LogP) is -24.8. The van der Waals surface area contributed by atoms with Crippen LogP contribution in [0.5, 0.6) is 0 Å². The maximum Gasteiger partial charge on any atom is 2.00 e. The van der Waals surface area contributed by atoms with Crippen molar-refractivity contribution in [3.05, 3.63) is 0 Å². The maximum absolute atomic E-state index is 7.17. The van der Waals surface area contributed by atoms with Gasteiger partial charge in [0.15, 0.2) is 0 Å². The summed E-state index contributed by atoms with van der Waals surface area (Å²) in [5.74, 6) is 0. The molecule has 0 aliphatic carbocycles. The maximum atomic E-state index is 7.17. The number of rotatable bonds is 0. The van der Waals surface area contributed by atoms with E-state index in [4.69, 9.17) is 181 Å². The van der Waals surface area contributed by atoms with E-state index < -0.39 is 87.9 Å². The third-order valence-corrected chi connectivity index (χ3v) is 0. The first kappa shape index (κ1) is 87.2. The fraction of sp³-hybridized carbons (Fsp3) is 0. The second-order valence-corrected chi connectivity index (χ2v) is 4.16. The van der Waals surface area contributed by atoms with E-state index in [0.29, 0.717) is 0 Å². The van der Waals surface area contributed by atoms with E-state index in [1.54, 1.807) is 0 Å². The van der Waals surface area contributed by atoms with E-state index in [0.717, 1.165) is 0 Å². The Labute approximate surface area is 294 Å². The molecule has 0 unspecified atom stereocenters. The van der Waals surface area contributed by atoms with Gasteiger partial charge in [-0.05, 0) is 0 Å². The van der Waals surface area contributed by atoms with Crippen LogP contribution in [-0.4, -0.2) is 292 Å². The Balaban J connectivity index is -0.0000000212. The molecule has 36 N–H and O–H groups in total. The molecule has 292 valence electrons. The monoisotopic (exact) mass is 770 g/mol. The van der Waals surface area contributed by atoms with Crippen molar-refractivity contribution in [2.45, 2.75) is 0 Å². The molecule has 0 amide bonds. The smallest absolute Gasteiger partial charge is 1.00 e. The summed E-state index contributed by atoms with van der Waals surface area (Å²) in [6.45, 7) is 0. The Bertz CT molecular complexity index is 244. The average Bonchev–Trinajstić information content (AvgIpc) is 2.61. The molecule has 0 radical (unpaired) electrons. The Hall–Kier alpha value is 0.105. The number of hydrogen-bond donors (Lipinski definition) is 36. The van der Waals surface area contributed by atoms with Crippen molar-refractivity contribution >= 4 is 111 Å². The van der Waals surface area contributed by atoms with Gasteiger partial charge in [0.1, 0.15) is 0 Å². The van der Waals surface area contributed by atoms with Gasteiger partial charge >= 0.3 is 111 Å². The van der Waals surface area contributed by atoms with Crippen LogP contribution in [0.2, 0.25) is 0 Å². The molecule has 0 rings (SSSR count). The first-order valence-electron chi connectivity index (χ1n) is 9.30. The number of hydrogen-bond acceptors (Lipinski definition) is 36. The third kappa shape index (κ3) is 9200000. The van der Waals surface area contributed by atoms with Crippen molar-refractivity contribution in [2.24, 2.45) is 0 Å². The molecule has 0 aromatic heterocycles. The molecule has 0 saturated carbocycles. The molecule has 49 heteroatoms. The molecule has 0 saturated heterocycles. The minimum Gasteiger partial charge on any atom is -1.00 e. The van der Waals surface area contributed by atoms with Crippen LogP contribution >= 0.6 is 0 Å². The Morgan fingerprint density at radius 3 is 0.122 bits per heavy atom. The summed E-state index contributed by atoms with van der Waals surface area (Å²) in [7, 11) is -26.0. The summed E-state index contributed by atoms with van der Waals surface area (Å²) < 4.78 is 0. The van der Waals surface area contributed by atoms with Crippen LogP contribution in [0.1, 0.15) is 2.85 Å². The van der Waals surface area contributed by atoms with Crippen LogP contribution in [0.3, 0.4) is 0 Å². The molecule has 49 heavy (non-hydrogen) atoms. The van der Waals surface area contributed by atoms with Crippen molar-refractivity contribution in [1.29, 1.82) is 0 Å². The van der Waals surface area contributed by atoms with Crippen LogP contribution in [0.25, 0.3) is 0 Å². The van der Waals surface area contributed by atoms with Gasteiger partial charge in [-0.3, -0.25) is 0 Å². The van der Waals surface area contributed by atoms with Crippen molar-refractivity contribution in [1.82, 2.24) is 0 Å². The predicted molar refractivity (Wildman–Crippen MR) is 157 cm³/mol. The third-order valence-electron chi connectivity index (χ3n) is 0. The average molecular weight is 768 g/mol. The molecule has 0 aromatic carbocycles. The Morgan fingerprint density at radius 1 is 0.122 bits per heavy atom. The molecule has 0 fully saturated rings. The second kappa shape index (κ2) is 81.9. The van der Waals surface area contributed by atoms with Gasteiger partial charge in [-0.2, -0.15) is 0 Å². The Morgan fingerprint density at radius 2 is 0.122 bits per heavy atom. The normalized spacial score (nSPS) is 6.61. The first-order valence-corrected chi connectivity index (χ1v) is 9.30. The quantitative estimate of drug-likeness (QED) is 0.102. The second-order valence-electron chi connectivity index (χ2n) is 4.16. The molecule has 0 aliphatic heterocycles. The van der Waals surface area contributed by atoms with E-state index in [1.807, 2.05) is 0 Å². The summed E-state index contributed by atoms with van der Waals surface area (Å²) in [5.41, 5.74) is 0.